The van der Waals surface area contributed by atoms with Gasteiger partial charge in [-0.3, -0.25) is 4.79 Å². The predicted molar refractivity (Wildman–Crippen MR) is 77.4 cm³/mol. The predicted octanol–water partition coefficient (Wildman–Crippen LogP) is 2.73. The number of amides is 1. The molecule has 0 atom stereocenters. The maximum atomic E-state index is 12.4. The van der Waals surface area contributed by atoms with Gasteiger partial charge in [-0.25, -0.2) is 0 Å². The smallest absolute Gasteiger partial charge is 0.226 e. The molecule has 3 N–H and O–H groups in total. The first-order valence-electron chi connectivity index (χ1n) is 7.27. The lowest BCUT2D eigenvalue weighted by Crippen LogP contribution is -2.38. The molecule has 0 spiro atoms. The molecule has 19 heavy (non-hydrogen) atoms. The number of nitrogens with one attached hydrogen (secondary N) is 1. The largest absolute Gasteiger partial charge is 0.352 e. The second-order valence-electron chi connectivity index (χ2n) is 5.50. The molecule has 1 amide bonds. The minimum Gasteiger partial charge on any atom is -0.352 e. The lowest BCUT2D eigenvalue weighted by molar-refractivity contribution is -0.131. The highest BCUT2D eigenvalue weighted by atomic mass is 16.2. The van der Waals surface area contributed by atoms with Crippen LogP contribution in [0.15, 0.2) is 24.3 Å². The summed E-state index contributed by atoms with van der Waals surface area (Å²) in [6.45, 7) is 3.23. The first-order valence-corrected chi connectivity index (χ1v) is 7.27. The molecule has 1 aromatic carbocycles. The van der Waals surface area contributed by atoms with Gasteiger partial charge in [0.2, 0.25) is 5.91 Å². The Hall–Kier alpha value is -1.35. The van der Waals surface area contributed by atoms with Gasteiger partial charge in [0.25, 0.3) is 0 Å². The molecule has 0 radical (unpaired) electrons. The van der Waals surface area contributed by atoms with E-state index in [2.05, 4.69) is 12.2 Å². The van der Waals surface area contributed by atoms with E-state index in [4.69, 9.17) is 5.73 Å². The monoisotopic (exact) mass is 260 g/mol. The number of hydrogen-bond donors (Lipinski definition) is 2. The van der Waals surface area contributed by atoms with Gasteiger partial charge in [0, 0.05) is 18.5 Å². The Bertz CT molecular complexity index is 436. The van der Waals surface area contributed by atoms with E-state index >= 15 is 0 Å². The van der Waals surface area contributed by atoms with Crippen LogP contribution >= 0.6 is 0 Å². The van der Waals surface area contributed by atoms with E-state index in [0.29, 0.717) is 13.1 Å². The standard InChI is InChI=1S/C16H24N2O/c1-2-16(9-5-6-10-16)15(19)18-12-14-8-4-3-7-13(14)11-17/h3-4,7-8H,2,5-6,9-12,17H2,1H3,(H,18,19). The molecule has 0 aromatic heterocycles. The van der Waals surface area contributed by atoms with Crippen molar-refractivity contribution in [3.05, 3.63) is 35.4 Å². The molecule has 1 aliphatic rings. The summed E-state index contributed by atoms with van der Waals surface area (Å²) in [5.41, 5.74) is 7.84. The number of nitrogens with two attached hydrogens (primary N) is 1. The van der Waals surface area contributed by atoms with E-state index in [9.17, 15) is 4.79 Å². The second kappa shape index (κ2) is 6.20. The van der Waals surface area contributed by atoms with Gasteiger partial charge < -0.3 is 11.1 Å². The van der Waals surface area contributed by atoms with Gasteiger partial charge in [-0.1, -0.05) is 44.0 Å². The lowest BCUT2D eigenvalue weighted by atomic mass is 9.82. The van der Waals surface area contributed by atoms with Crippen molar-refractivity contribution < 1.29 is 4.79 Å². The molecule has 1 aromatic rings. The summed E-state index contributed by atoms with van der Waals surface area (Å²) in [6.07, 6.45) is 5.38. The molecule has 2 rings (SSSR count). The van der Waals surface area contributed by atoms with Crippen molar-refractivity contribution in [2.45, 2.75) is 52.1 Å². The van der Waals surface area contributed by atoms with Crippen molar-refractivity contribution in [1.82, 2.24) is 5.32 Å². The van der Waals surface area contributed by atoms with Crippen molar-refractivity contribution in [3.8, 4) is 0 Å². The van der Waals surface area contributed by atoms with E-state index in [1.807, 2.05) is 24.3 Å². The Kier molecular flexibility index (Phi) is 4.59. The SMILES string of the molecule is CCC1(C(=O)NCc2ccccc2CN)CCCC1. The minimum atomic E-state index is -0.113. The lowest BCUT2D eigenvalue weighted by Gasteiger charge is -2.26. The molecule has 3 heteroatoms. The van der Waals surface area contributed by atoms with Crippen molar-refractivity contribution in [2.75, 3.05) is 0 Å². The Morgan fingerprint density at radius 3 is 2.47 bits per heavy atom. The van der Waals surface area contributed by atoms with Crippen LogP contribution in [0.25, 0.3) is 0 Å². The summed E-state index contributed by atoms with van der Waals surface area (Å²) < 4.78 is 0. The highest BCUT2D eigenvalue weighted by Gasteiger charge is 2.38. The molecule has 104 valence electrons. The number of hydrogen-bond acceptors (Lipinski definition) is 2. The van der Waals surface area contributed by atoms with Crippen LogP contribution in [0.2, 0.25) is 0 Å². The summed E-state index contributed by atoms with van der Waals surface area (Å²) >= 11 is 0. The number of carbonyl (C=O) groups excluding carboxylic acids is 1. The van der Waals surface area contributed by atoms with Crippen molar-refractivity contribution in [3.63, 3.8) is 0 Å². The average Bonchev–Trinajstić information content (AvgIpc) is 2.95. The molecule has 0 bridgehead atoms. The second-order valence-corrected chi connectivity index (χ2v) is 5.50. The molecular weight excluding hydrogens is 236 g/mol. The zero-order chi connectivity index (χ0) is 13.7. The summed E-state index contributed by atoms with van der Waals surface area (Å²) in [5, 5.41) is 3.11. The normalized spacial score (nSPS) is 17.4. The summed E-state index contributed by atoms with van der Waals surface area (Å²) in [4.78, 5) is 12.4. The Balaban J connectivity index is 2.00. The van der Waals surface area contributed by atoms with Crippen LogP contribution in [-0.4, -0.2) is 5.91 Å². The van der Waals surface area contributed by atoms with Crippen LogP contribution in [0.4, 0.5) is 0 Å². The highest BCUT2D eigenvalue weighted by molar-refractivity contribution is 5.82. The number of rotatable bonds is 5. The molecule has 1 saturated carbocycles. The fraction of sp³-hybridized carbons (Fsp3) is 0.562. The molecule has 3 nitrogen and oxygen atoms in total. The van der Waals surface area contributed by atoms with Gasteiger partial charge in [0.05, 0.1) is 0 Å². The fourth-order valence-corrected chi connectivity index (χ4v) is 3.09. The van der Waals surface area contributed by atoms with E-state index in [0.717, 1.165) is 30.4 Å². The number of benzene rings is 1. The summed E-state index contributed by atoms with van der Waals surface area (Å²) in [5.74, 6) is 0.222. The summed E-state index contributed by atoms with van der Waals surface area (Å²) in [7, 11) is 0. The van der Waals surface area contributed by atoms with Gasteiger partial charge >= 0.3 is 0 Å². The van der Waals surface area contributed by atoms with Gasteiger partial charge in [-0.15, -0.1) is 0 Å². The molecule has 0 heterocycles. The van der Waals surface area contributed by atoms with Gasteiger partial charge in [-0.2, -0.15) is 0 Å². The maximum absolute atomic E-state index is 12.4. The first kappa shape index (κ1) is 14.1. The van der Waals surface area contributed by atoms with Gasteiger partial charge in [-0.05, 0) is 30.4 Å². The van der Waals surface area contributed by atoms with Crippen LogP contribution in [0, 0.1) is 5.41 Å². The van der Waals surface area contributed by atoms with Gasteiger partial charge in [0.1, 0.15) is 0 Å². The van der Waals surface area contributed by atoms with Crippen LogP contribution in [-0.2, 0) is 17.9 Å². The van der Waals surface area contributed by atoms with E-state index in [1.54, 1.807) is 0 Å². The van der Waals surface area contributed by atoms with Gasteiger partial charge in [0.15, 0.2) is 0 Å². The average molecular weight is 260 g/mol. The van der Waals surface area contributed by atoms with Crippen molar-refractivity contribution >= 4 is 5.91 Å². The quantitative estimate of drug-likeness (QED) is 0.855. The van der Waals surface area contributed by atoms with E-state index < -0.39 is 0 Å². The Morgan fingerprint density at radius 1 is 1.26 bits per heavy atom. The zero-order valence-corrected chi connectivity index (χ0v) is 11.7. The minimum absolute atomic E-state index is 0.113. The summed E-state index contributed by atoms with van der Waals surface area (Å²) in [6, 6.07) is 8.03. The molecular formula is C16H24N2O. The maximum Gasteiger partial charge on any atom is 0.226 e. The first-order chi connectivity index (χ1) is 9.22. The third kappa shape index (κ3) is 2.98. The zero-order valence-electron chi connectivity index (χ0n) is 11.7. The molecule has 0 unspecified atom stereocenters. The molecule has 0 saturated heterocycles. The molecule has 0 aliphatic heterocycles. The van der Waals surface area contributed by atoms with Crippen molar-refractivity contribution in [2.24, 2.45) is 11.1 Å². The Morgan fingerprint density at radius 2 is 1.89 bits per heavy atom. The van der Waals surface area contributed by atoms with E-state index in [1.165, 1.54) is 12.8 Å². The number of carbonyl (C=O) groups is 1. The third-order valence-electron chi connectivity index (χ3n) is 4.50. The molecule has 1 fully saturated rings. The van der Waals surface area contributed by atoms with Crippen LogP contribution in [0.1, 0.15) is 50.2 Å². The van der Waals surface area contributed by atoms with E-state index in [-0.39, 0.29) is 11.3 Å². The molecule has 1 aliphatic carbocycles. The highest BCUT2D eigenvalue weighted by Crippen LogP contribution is 2.41. The topological polar surface area (TPSA) is 55.1 Å². The van der Waals surface area contributed by atoms with Crippen molar-refractivity contribution in [1.29, 1.82) is 0 Å². The Labute approximate surface area is 115 Å². The van der Waals surface area contributed by atoms with Crippen LogP contribution in [0.5, 0.6) is 0 Å². The fourth-order valence-electron chi connectivity index (χ4n) is 3.09. The van der Waals surface area contributed by atoms with Crippen LogP contribution in [0.3, 0.4) is 0 Å². The van der Waals surface area contributed by atoms with Crippen LogP contribution < -0.4 is 11.1 Å². The third-order valence-corrected chi connectivity index (χ3v) is 4.50.